The van der Waals surface area contributed by atoms with Gasteiger partial charge in [-0.3, -0.25) is 0 Å². The third kappa shape index (κ3) is 7.98. The number of hydrogen-bond donors (Lipinski definition) is 0. The van der Waals surface area contributed by atoms with E-state index >= 15 is 0 Å². The molecule has 0 N–H and O–H groups in total. The van der Waals surface area contributed by atoms with Crippen LogP contribution in [0.3, 0.4) is 0 Å². The van der Waals surface area contributed by atoms with Gasteiger partial charge in [-0.15, -0.1) is 0 Å². The molecule has 9 heteroatoms. The SMILES string of the molecule is CC1OC(COC(=O)c2ccccc2)C(OC(=O)c2ccccc2)C(OC(=O)c2ccccc2)C1O[Si](C)(C)C(C)(C)C. The molecule has 228 valence electrons. The molecule has 1 aliphatic rings. The van der Waals surface area contributed by atoms with E-state index in [0.29, 0.717) is 16.7 Å². The van der Waals surface area contributed by atoms with Gasteiger partial charge in [0, 0.05) is 0 Å². The molecular weight excluding hydrogens is 564 g/mol. The van der Waals surface area contributed by atoms with Crippen molar-refractivity contribution in [1.29, 1.82) is 0 Å². The van der Waals surface area contributed by atoms with Gasteiger partial charge in [0.2, 0.25) is 0 Å². The first-order valence-corrected chi connectivity index (χ1v) is 17.4. The van der Waals surface area contributed by atoms with Crippen molar-refractivity contribution in [3.8, 4) is 0 Å². The molecular formula is C34H40O8Si. The van der Waals surface area contributed by atoms with E-state index in [-0.39, 0.29) is 11.6 Å². The Bertz CT molecular complexity index is 1370. The number of hydrogen-bond acceptors (Lipinski definition) is 8. The van der Waals surface area contributed by atoms with Crippen molar-refractivity contribution in [2.75, 3.05) is 6.61 Å². The van der Waals surface area contributed by atoms with Crippen LogP contribution < -0.4 is 0 Å². The molecule has 0 amide bonds. The molecule has 0 radical (unpaired) electrons. The number of esters is 3. The summed E-state index contributed by atoms with van der Waals surface area (Å²) >= 11 is 0. The highest BCUT2D eigenvalue weighted by Crippen LogP contribution is 2.40. The topological polar surface area (TPSA) is 97.4 Å². The van der Waals surface area contributed by atoms with Crippen LogP contribution in [0.25, 0.3) is 0 Å². The molecule has 0 bridgehead atoms. The van der Waals surface area contributed by atoms with Gasteiger partial charge in [0.05, 0.1) is 22.8 Å². The first-order valence-electron chi connectivity index (χ1n) is 14.4. The number of rotatable bonds is 9. The normalized spacial score (nSPS) is 22.3. The average Bonchev–Trinajstić information content (AvgIpc) is 2.99. The summed E-state index contributed by atoms with van der Waals surface area (Å²) in [5, 5.41) is -0.168. The molecule has 8 nitrogen and oxygen atoms in total. The predicted octanol–water partition coefficient (Wildman–Crippen LogP) is 6.47. The summed E-state index contributed by atoms with van der Waals surface area (Å²) in [7, 11) is -2.44. The molecule has 1 heterocycles. The van der Waals surface area contributed by atoms with Crippen LogP contribution in [0.15, 0.2) is 91.0 Å². The lowest BCUT2D eigenvalue weighted by molar-refractivity contribution is -0.220. The first-order chi connectivity index (χ1) is 20.4. The Morgan fingerprint density at radius 1 is 0.674 bits per heavy atom. The highest BCUT2D eigenvalue weighted by atomic mass is 28.4. The van der Waals surface area contributed by atoms with Gasteiger partial charge < -0.3 is 23.4 Å². The highest BCUT2D eigenvalue weighted by Gasteiger charge is 2.53. The van der Waals surface area contributed by atoms with E-state index in [4.69, 9.17) is 23.4 Å². The minimum Gasteiger partial charge on any atom is -0.459 e. The number of benzene rings is 3. The molecule has 3 aromatic rings. The molecule has 3 aromatic carbocycles. The Balaban J connectivity index is 1.70. The van der Waals surface area contributed by atoms with Gasteiger partial charge in [-0.1, -0.05) is 75.4 Å². The van der Waals surface area contributed by atoms with E-state index in [1.807, 2.05) is 6.92 Å². The monoisotopic (exact) mass is 604 g/mol. The van der Waals surface area contributed by atoms with Crippen molar-refractivity contribution in [3.05, 3.63) is 108 Å². The quantitative estimate of drug-likeness (QED) is 0.156. The summed E-state index contributed by atoms with van der Waals surface area (Å²) in [6.45, 7) is 12.1. The summed E-state index contributed by atoms with van der Waals surface area (Å²) in [6.07, 6.45) is -4.49. The number of ether oxygens (including phenoxy) is 4. The molecule has 0 aromatic heterocycles. The molecule has 5 unspecified atom stereocenters. The fraction of sp³-hybridized carbons (Fsp3) is 0.382. The van der Waals surface area contributed by atoms with Gasteiger partial charge in [0.25, 0.3) is 0 Å². The number of carbonyl (C=O) groups excluding carboxylic acids is 3. The van der Waals surface area contributed by atoms with Crippen LogP contribution in [-0.2, 0) is 23.4 Å². The second kappa shape index (κ2) is 13.7. The maximum absolute atomic E-state index is 13.5. The second-order valence-corrected chi connectivity index (χ2v) is 16.9. The lowest BCUT2D eigenvalue weighted by Gasteiger charge is -2.48. The standard InChI is InChI=1S/C34H40O8Si/c1-23-28(42-43(5,6)34(2,3)4)30(41-33(37)26-20-14-9-15-21-26)29(40-32(36)25-18-12-8-13-19-25)27(39-23)22-38-31(35)24-16-10-7-11-17-24/h7-21,23,27-30H,22H2,1-6H3. The Morgan fingerprint density at radius 2 is 1.09 bits per heavy atom. The summed E-state index contributed by atoms with van der Waals surface area (Å²) < 4.78 is 31.0. The van der Waals surface area contributed by atoms with Crippen molar-refractivity contribution in [1.82, 2.24) is 0 Å². The Hall–Kier alpha value is -3.79. The maximum Gasteiger partial charge on any atom is 0.338 e. The second-order valence-electron chi connectivity index (χ2n) is 12.2. The Morgan fingerprint density at radius 3 is 1.53 bits per heavy atom. The summed E-state index contributed by atoms with van der Waals surface area (Å²) in [6, 6.07) is 25.7. The van der Waals surface area contributed by atoms with E-state index in [2.05, 4.69) is 33.9 Å². The van der Waals surface area contributed by atoms with Crippen molar-refractivity contribution >= 4 is 26.2 Å². The molecule has 43 heavy (non-hydrogen) atoms. The fourth-order valence-electron chi connectivity index (χ4n) is 4.53. The van der Waals surface area contributed by atoms with Gasteiger partial charge in [-0.2, -0.15) is 0 Å². The minimum absolute atomic E-state index is 0.168. The molecule has 5 atom stereocenters. The van der Waals surface area contributed by atoms with Crippen molar-refractivity contribution < 1.29 is 37.8 Å². The maximum atomic E-state index is 13.5. The molecule has 1 aliphatic heterocycles. The predicted molar refractivity (Wildman–Crippen MR) is 164 cm³/mol. The fourth-order valence-corrected chi connectivity index (χ4v) is 5.89. The zero-order valence-corrected chi connectivity index (χ0v) is 26.5. The lowest BCUT2D eigenvalue weighted by atomic mass is 9.95. The van der Waals surface area contributed by atoms with Gasteiger partial charge in [0.1, 0.15) is 18.8 Å². The molecule has 0 saturated carbocycles. The van der Waals surface area contributed by atoms with Crippen LogP contribution in [0, 0.1) is 0 Å². The van der Waals surface area contributed by atoms with Crippen LogP contribution in [0.4, 0.5) is 0 Å². The molecule has 4 rings (SSSR count). The van der Waals surface area contributed by atoms with E-state index < -0.39 is 56.7 Å². The van der Waals surface area contributed by atoms with Gasteiger partial charge >= 0.3 is 17.9 Å². The summed E-state index contributed by atoms with van der Waals surface area (Å²) in [4.78, 5) is 39.7. The van der Waals surface area contributed by atoms with Crippen molar-refractivity contribution in [3.63, 3.8) is 0 Å². The third-order valence-corrected chi connectivity index (χ3v) is 12.5. The van der Waals surface area contributed by atoms with Crippen molar-refractivity contribution in [2.45, 2.75) is 76.3 Å². The van der Waals surface area contributed by atoms with E-state index in [0.717, 1.165) is 0 Å². The van der Waals surface area contributed by atoms with Crippen LogP contribution in [0.2, 0.25) is 18.1 Å². The molecule has 0 spiro atoms. The number of carbonyl (C=O) groups is 3. The van der Waals surface area contributed by atoms with Gasteiger partial charge in [-0.25, -0.2) is 14.4 Å². The summed E-state index contributed by atoms with van der Waals surface area (Å²) in [5.74, 6) is -1.78. The zero-order chi connectivity index (χ0) is 31.2. The Kier molecular flexibility index (Phi) is 10.2. The van der Waals surface area contributed by atoms with E-state index in [1.165, 1.54) is 0 Å². The van der Waals surface area contributed by atoms with Crippen LogP contribution in [-0.4, -0.2) is 63.4 Å². The van der Waals surface area contributed by atoms with Gasteiger partial charge in [0.15, 0.2) is 20.5 Å². The third-order valence-electron chi connectivity index (χ3n) is 8.00. The van der Waals surface area contributed by atoms with Crippen LogP contribution >= 0.6 is 0 Å². The molecule has 1 fully saturated rings. The smallest absolute Gasteiger partial charge is 0.338 e. The summed E-state index contributed by atoms with van der Waals surface area (Å²) in [5.41, 5.74) is 1.03. The largest absolute Gasteiger partial charge is 0.459 e. The van der Waals surface area contributed by atoms with Crippen LogP contribution in [0.5, 0.6) is 0 Å². The minimum atomic E-state index is -2.44. The van der Waals surface area contributed by atoms with E-state index in [1.54, 1.807) is 91.0 Å². The lowest BCUT2D eigenvalue weighted by Crippen LogP contribution is -2.64. The van der Waals surface area contributed by atoms with E-state index in [9.17, 15) is 14.4 Å². The Labute approximate surface area is 254 Å². The molecule has 1 saturated heterocycles. The van der Waals surface area contributed by atoms with Crippen LogP contribution in [0.1, 0.15) is 58.8 Å². The zero-order valence-electron chi connectivity index (χ0n) is 25.5. The highest BCUT2D eigenvalue weighted by molar-refractivity contribution is 6.74. The first kappa shape index (κ1) is 32.1. The van der Waals surface area contributed by atoms with Crippen molar-refractivity contribution in [2.24, 2.45) is 0 Å². The van der Waals surface area contributed by atoms with Gasteiger partial charge in [-0.05, 0) is 61.5 Å². The average molecular weight is 605 g/mol. The molecule has 0 aliphatic carbocycles.